The minimum Gasteiger partial charge on any atom is -0.508 e. The van der Waals surface area contributed by atoms with Crippen molar-refractivity contribution < 1.29 is 5.11 Å². The van der Waals surface area contributed by atoms with Crippen LogP contribution in [0.3, 0.4) is 0 Å². The minimum absolute atomic E-state index is 0.478. The SMILES string of the molecule is CCCCCCCc1c(O)cccc1C(C)C. The van der Waals surface area contributed by atoms with Crippen LogP contribution >= 0.6 is 0 Å². The monoisotopic (exact) mass is 234 g/mol. The minimum atomic E-state index is 0.478. The normalized spacial score (nSPS) is 11.1. The third-order valence-corrected chi connectivity index (χ3v) is 3.34. The lowest BCUT2D eigenvalue weighted by Gasteiger charge is -2.14. The standard InChI is InChI=1S/C16H26O/c1-4-5-6-7-8-10-15-14(13(2)3)11-9-12-16(15)17/h9,11-13,17H,4-8,10H2,1-3H3. The first-order chi connectivity index (χ1) is 8.16. The maximum Gasteiger partial charge on any atom is 0.119 e. The molecule has 1 N–H and O–H groups in total. The molecule has 1 aromatic carbocycles. The second kappa shape index (κ2) is 7.37. The topological polar surface area (TPSA) is 20.2 Å². The van der Waals surface area contributed by atoms with Crippen molar-refractivity contribution in [1.29, 1.82) is 0 Å². The molecule has 0 atom stereocenters. The van der Waals surface area contributed by atoms with E-state index in [-0.39, 0.29) is 0 Å². The molecular formula is C16H26O. The van der Waals surface area contributed by atoms with Gasteiger partial charge >= 0.3 is 0 Å². The van der Waals surface area contributed by atoms with Crippen LogP contribution < -0.4 is 0 Å². The Bertz CT molecular complexity index is 328. The number of phenols is 1. The average Bonchev–Trinajstić information content (AvgIpc) is 2.30. The summed E-state index contributed by atoms with van der Waals surface area (Å²) in [5.41, 5.74) is 2.47. The van der Waals surface area contributed by atoms with Crippen molar-refractivity contribution in [2.45, 2.75) is 65.2 Å². The van der Waals surface area contributed by atoms with Crippen LogP contribution in [-0.4, -0.2) is 5.11 Å². The second-order valence-electron chi connectivity index (χ2n) is 5.16. The van der Waals surface area contributed by atoms with Crippen LogP contribution in [0.2, 0.25) is 0 Å². The largest absolute Gasteiger partial charge is 0.508 e. The third kappa shape index (κ3) is 4.41. The molecule has 0 spiro atoms. The number of benzene rings is 1. The Hall–Kier alpha value is -0.980. The Kier molecular flexibility index (Phi) is 6.10. The third-order valence-electron chi connectivity index (χ3n) is 3.34. The van der Waals surface area contributed by atoms with E-state index < -0.39 is 0 Å². The summed E-state index contributed by atoms with van der Waals surface area (Å²) >= 11 is 0. The zero-order valence-electron chi connectivity index (χ0n) is 11.5. The van der Waals surface area contributed by atoms with Gasteiger partial charge in [-0.25, -0.2) is 0 Å². The first-order valence-electron chi connectivity index (χ1n) is 6.97. The molecule has 0 fully saturated rings. The van der Waals surface area contributed by atoms with Gasteiger partial charge in [0.15, 0.2) is 0 Å². The fraction of sp³-hybridized carbons (Fsp3) is 0.625. The maximum absolute atomic E-state index is 9.94. The summed E-state index contributed by atoms with van der Waals surface area (Å²) in [7, 11) is 0. The number of unbranched alkanes of at least 4 members (excludes halogenated alkanes) is 4. The van der Waals surface area contributed by atoms with E-state index in [9.17, 15) is 5.11 Å². The van der Waals surface area contributed by atoms with Crippen molar-refractivity contribution in [2.75, 3.05) is 0 Å². The lowest BCUT2D eigenvalue weighted by Crippen LogP contribution is -1.97. The molecule has 1 aromatic rings. The molecule has 1 heteroatoms. The van der Waals surface area contributed by atoms with E-state index in [1.54, 1.807) is 0 Å². The molecule has 17 heavy (non-hydrogen) atoms. The Morgan fingerprint density at radius 3 is 2.41 bits per heavy atom. The molecule has 96 valence electrons. The van der Waals surface area contributed by atoms with Gasteiger partial charge < -0.3 is 5.11 Å². The Morgan fingerprint density at radius 1 is 1.06 bits per heavy atom. The Balaban J connectivity index is 2.57. The zero-order valence-corrected chi connectivity index (χ0v) is 11.5. The first-order valence-corrected chi connectivity index (χ1v) is 6.97. The Morgan fingerprint density at radius 2 is 1.76 bits per heavy atom. The van der Waals surface area contributed by atoms with Crippen LogP contribution in [0.15, 0.2) is 18.2 Å². The van der Waals surface area contributed by atoms with Gasteiger partial charge in [-0.05, 0) is 36.0 Å². The number of hydrogen-bond donors (Lipinski definition) is 1. The predicted molar refractivity (Wildman–Crippen MR) is 74.7 cm³/mol. The molecule has 0 heterocycles. The predicted octanol–water partition coefficient (Wildman–Crippen LogP) is 5.03. The molecule has 0 radical (unpaired) electrons. The molecule has 0 aliphatic heterocycles. The number of hydrogen-bond acceptors (Lipinski definition) is 1. The highest BCUT2D eigenvalue weighted by Gasteiger charge is 2.09. The number of phenolic OH excluding ortho intramolecular Hbond substituents is 1. The van der Waals surface area contributed by atoms with Gasteiger partial charge in [0, 0.05) is 0 Å². The van der Waals surface area contributed by atoms with Crippen LogP contribution in [0.25, 0.3) is 0 Å². The fourth-order valence-electron chi connectivity index (χ4n) is 2.31. The van der Waals surface area contributed by atoms with Crippen LogP contribution in [0.1, 0.15) is 69.9 Å². The summed E-state index contributed by atoms with van der Waals surface area (Å²) in [6.45, 7) is 6.62. The summed E-state index contributed by atoms with van der Waals surface area (Å²) in [6, 6.07) is 5.91. The highest BCUT2D eigenvalue weighted by Crippen LogP contribution is 2.28. The van der Waals surface area contributed by atoms with Crippen LogP contribution in [-0.2, 0) is 6.42 Å². The van der Waals surface area contributed by atoms with E-state index in [1.807, 2.05) is 12.1 Å². The molecular weight excluding hydrogens is 208 g/mol. The van der Waals surface area contributed by atoms with Gasteiger partial charge in [0.25, 0.3) is 0 Å². The van der Waals surface area contributed by atoms with Crippen molar-refractivity contribution >= 4 is 0 Å². The van der Waals surface area contributed by atoms with Gasteiger partial charge in [-0.15, -0.1) is 0 Å². The second-order valence-corrected chi connectivity index (χ2v) is 5.16. The van der Waals surface area contributed by atoms with E-state index in [0.717, 1.165) is 6.42 Å². The molecule has 0 saturated carbocycles. The van der Waals surface area contributed by atoms with Crippen LogP contribution in [0, 0.1) is 0 Å². The quantitative estimate of drug-likeness (QED) is 0.656. The van der Waals surface area contributed by atoms with E-state index in [0.29, 0.717) is 11.7 Å². The summed E-state index contributed by atoms with van der Waals surface area (Å²) in [6.07, 6.45) is 7.42. The molecule has 1 rings (SSSR count). The smallest absolute Gasteiger partial charge is 0.119 e. The molecule has 0 unspecified atom stereocenters. The van der Waals surface area contributed by atoms with Crippen molar-refractivity contribution in [1.82, 2.24) is 0 Å². The van der Waals surface area contributed by atoms with E-state index in [2.05, 4.69) is 26.8 Å². The van der Waals surface area contributed by atoms with E-state index in [1.165, 1.54) is 43.2 Å². The molecule has 0 bridgehead atoms. The van der Waals surface area contributed by atoms with Crippen molar-refractivity contribution in [2.24, 2.45) is 0 Å². The molecule has 0 amide bonds. The summed E-state index contributed by atoms with van der Waals surface area (Å²) in [4.78, 5) is 0. The molecule has 0 saturated heterocycles. The highest BCUT2D eigenvalue weighted by molar-refractivity contribution is 5.40. The first kappa shape index (κ1) is 14.1. The van der Waals surface area contributed by atoms with Gasteiger partial charge in [0.1, 0.15) is 5.75 Å². The van der Waals surface area contributed by atoms with Crippen LogP contribution in [0.5, 0.6) is 5.75 Å². The average molecular weight is 234 g/mol. The summed E-state index contributed by atoms with van der Waals surface area (Å²) < 4.78 is 0. The van der Waals surface area contributed by atoms with Gasteiger partial charge in [0.05, 0.1) is 0 Å². The number of rotatable bonds is 7. The zero-order chi connectivity index (χ0) is 12.7. The summed E-state index contributed by atoms with van der Waals surface area (Å²) in [5.74, 6) is 0.972. The highest BCUT2D eigenvalue weighted by atomic mass is 16.3. The molecule has 0 aromatic heterocycles. The van der Waals surface area contributed by atoms with Crippen molar-refractivity contribution in [3.05, 3.63) is 29.3 Å². The van der Waals surface area contributed by atoms with Gasteiger partial charge in [0.2, 0.25) is 0 Å². The maximum atomic E-state index is 9.94. The molecule has 0 aliphatic carbocycles. The fourth-order valence-corrected chi connectivity index (χ4v) is 2.31. The van der Waals surface area contributed by atoms with Crippen LogP contribution in [0.4, 0.5) is 0 Å². The van der Waals surface area contributed by atoms with Crippen molar-refractivity contribution in [3.63, 3.8) is 0 Å². The lowest BCUT2D eigenvalue weighted by atomic mass is 9.93. The lowest BCUT2D eigenvalue weighted by molar-refractivity contribution is 0.464. The van der Waals surface area contributed by atoms with E-state index in [4.69, 9.17) is 0 Å². The van der Waals surface area contributed by atoms with Crippen molar-refractivity contribution in [3.8, 4) is 5.75 Å². The van der Waals surface area contributed by atoms with E-state index >= 15 is 0 Å². The Labute approximate surface area is 106 Å². The molecule has 1 nitrogen and oxygen atoms in total. The number of aromatic hydroxyl groups is 1. The van der Waals surface area contributed by atoms with Gasteiger partial charge in [-0.2, -0.15) is 0 Å². The summed E-state index contributed by atoms with van der Waals surface area (Å²) in [5, 5.41) is 9.94. The van der Waals surface area contributed by atoms with Gasteiger partial charge in [-0.1, -0.05) is 58.6 Å². The molecule has 0 aliphatic rings. The van der Waals surface area contributed by atoms with Gasteiger partial charge in [-0.3, -0.25) is 0 Å².